The molecule has 2 heterocycles. The average molecular weight is 733 g/mol. The number of aliphatic carboxylic acids is 1. The largest absolute Gasteiger partial charge is 0.480 e. The number of nitrogens with two attached hydrogens (primary N) is 2. The van der Waals surface area contributed by atoms with Gasteiger partial charge in [0.2, 0.25) is 29.5 Å². The van der Waals surface area contributed by atoms with Gasteiger partial charge in [0.05, 0.1) is 18.9 Å². The van der Waals surface area contributed by atoms with E-state index in [4.69, 9.17) is 11.5 Å². The number of aromatic amines is 2. The summed E-state index contributed by atoms with van der Waals surface area (Å²) in [6, 6.07) is 1.81. The third-order valence-electron chi connectivity index (χ3n) is 7.70. The fourth-order valence-corrected chi connectivity index (χ4v) is 5.47. The SMILES string of the molecule is NCCCCC(NC(=O)C(CS)NC(=O)C(Cc1cnc[nH]1)NC(=O)CNC(=O)C(CS)NC(=O)C(N)Cc1c[nH]c2ccccc12)C(=O)O. The molecule has 5 unspecified atom stereocenters. The normalized spacial score (nSPS) is 14.1. The molecule has 272 valence electrons. The number of unbranched alkanes of at least 4 members (excludes halogenated alkanes) is 1. The number of benzene rings is 1. The summed E-state index contributed by atoms with van der Waals surface area (Å²) in [6.07, 6.45) is 5.94. The molecule has 1 aromatic carbocycles. The molecule has 0 aliphatic heterocycles. The van der Waals surface area contributed by atoms with Crippen molar-refractivity contribution in [2.24, 2.45) is 11.5 Å². The first-order valence-electron chi connectivity index (χ1n) is 15.9. The van der Waals surface area contributed by atoms with Gasteiger partial charge in [-0.1, -0.05) is 18.2 Å². The molecule has 0 aliphatic carbocycles. The second-order valence-corrected chi connectivity index (χ2v) is 12.2. The highest BCUT2D eigenvalue weighted by atomic mass is 32.1. The minimum absolute atomic E-state index is 0.0626. The molecule has 3 aromatic rings. The Labute approximate surface area is 299 Å². The molecule has 19 heteroatoms. The number of imidazole rings is 1. The van der Waals surface area contributed by atoms with Crippen LogP contribution in [-0.4, -0.2) is 110 Å². The van der Waals surface area contributed by atoms with E-state index in [2.05, 4.69) is 66.8 Å². The Hall–Kier alpha value is -4.59. The Kier molecular flexibility index (Phi) is 16.1. The van der Waals surface area contributed by atoms with Crippen LogP contribution >= 0.6 is 25.3 Å². The third kappa shape index (κ3) is 12.1. The summed E-state index contributed by atoms with van der Waals surface area (Å²) in [5.41, 5.74) is 13.8. The fraction of sp³-hybridized carbons (Fsp3) is 0.452. The first-order valence-corrected chi connectivity index (χ1v) is 17.1. The first kappa shape index (κ1) is 39.8. The van der Waals surface area contributed by atoms with Gasteiger partial charge >= 0.3 is 5.97 Å². The summed E-state index contributed by atoms with van der Waals surface area (Å²) in [6.45, 7) is -0.191. The minimum atomic E-state index is -1.24. The van der Waals surface area contributed by atoms with Gasteiger partial charge in [-0.2, -0.15) is 25.3 Å². The van der Waals surface area contributed by atoms with E-state index in [9.17, 15) is 33.9 Å². The molecule has 0 aliphatic rings. The maximum Gasteiger partial charge on any atom is 0.326 e. The van der Waals surface area contributed by atoms with E-state index in [1.54, 1.807) is 6.20 Å². The summed E-state index contributed by atoms with van der Waals surface area (Å²) >= 11 is 8.30. The number of carboxylic acid groups (broad SMARTS) is 1. The standard InChI is InChI=1S/C31H44N10O7S2/c32-8-4-3-7-22(31(47)48)39-30(46)25(15-50)41-29(45)23(10-18-12-34-16-37-18)38-26(42)13-36-28(44)24(14-49)40-27(43)20(33)9-17-11-35-21-6-2-1-5-19(17)21/h1-2,5-6,11-12,16,20,22-25,35,49-50H,3-4,7-10,13-15,32-33H2,(H,34,37)(H,36,44)(H,38,42)(H,39,46)(H,40,43)(H,41,45)(H,47,48). The number of carbonyl (C=O) groups is 6. The van der Waals surface area contributed by atoms with Gasteiger partial charge in [0.15, 0.2) is 0 Å². The van der Waals surface area contributed by atoms with Crippen LogP contribution in [0.1, 0.15) is 30.5 Å². The van der Waals surface area contributed by atoms with Crippen molar-refractivity contribution in [2.75, 3.05) is 24.6 Å². The van der Waals surface area contributed by atoms with E-state index in [1.807, 2.05) is 24.3 Å². The number of hydrogen-bond acceptors (Lipinski definition) is 11. The number of H-pyrrole nitrogens is 2. The van der Waals surface area contributed by atoms with Crippen molar-refractivity contribution in [3.8, 4) is 0 Å². The zero-order chi connectivity index (χ0) is 36.6. The van der Waals surface area contributed by atoms with Crippen molar-refractivity contribution >= 4 is 71.7 Å². The predicted octanol–water partition coefficient (Wildman–Crippen LogP) is -1.87. The minimum Gasteiger partial charge on any atom is -0.480 e. The highest BCUT2D eigenvalue weighted by Crippen LogP contribution is 2.18. The molecule has 0 spiro atoms. The Morgan fingerprint density at radius 1 is 0.820 bits per heavy atom. The zero-order valence-corrected chi connectivity index (χ0v) is 29.0. The molecule has 50 heavy (non-hydrogen) atoms. The van der Waals surface area contributed by atoms with Gasteiger partial charge in [0.25, 0.3) is 0 Å². The van der Waals surface area contributed by atoms with Crippen molar-refractivity contribution in [3.63, 3.8) is 0 Å². The van der Waals surface area contributed by atoms with Crippen LogP contribution in [0.2, 0.25) is 0 Å². The monoisotopic (exact) mass is 732 g/mol. The van der Waals surface area contributed by atoms with E-state index in [0.717, 1.165) is 16.5 Å². The topological polar surface area (TPSA) is 279 Å². The first-order chi connectivity index (χ1) is 24.0. The number of amides is 5. The lowest BCUT2D eigenvalue weighted by Crippen LogP contribution is -2.58. The molecule has 3 rings (SSSR count). The van der Waals surface area contributed by atoms with Crippen LogP contribution in [-0.2, 0) is 41.6 Å². The van der Waals surface area contributed by atoms with Gasteiger partial charge in [-0.25, -0.2) is 9.78 Å². The number of para-hydroxylation sites is 1. The number of carbonyl (C=O) groups excluding carboxylic acids is 5. The highest BCUT2D eigenvalue weighted by molar-refractivity contribution is 7.80. The number of aromatic nitrogens is 3. The van der Waals surface area contributed by atoms with Gasteiger partial charge in [0.1, 0.15) is 24.2 Å². The van der Waals surface area contributed by atoms with Crippen molar-refractivity contribution in [2.45, 2.75) is 62.3 Å². The molecule has 12 N–H and O–H groups in total. The molecule has 0 radical (unpaired) electrons. The van der Waals surface area contributed by atoms with Crippen LogP contribution in [0.3, 0.4) is 0 Å². The predicted molar refractivity (Wildman–Crippen MR) is 191 cm³/mol. The lowest BCUT2D eigenvalue weighted by Gasteiger charge is -2.24. The van der Waals surface area contributed by atoms with Crippen molar-refractivity contribution in [3.05, 3.63) is 54.2 Å². The molecule has 17 nitrogen and oxygen atoms in total. The van der Waals surface area contributed by atoms with Crippen LogP contribution in [0.15, 0.2) is 43.0 Å². The average Bonchev–Trinajstić information content (AvgIpc) is 3.77. The lowest BCUT2D eigenvalue weighted by atomic mass is 10.0. The maximum atomic E-state index is 13.3. The van der Waals surface area contributed by atoms with Gasteiger partial charge < -0.3 is 53.1 Å². The summed E-state index contributed by atoms with van der Waals surface area (Å²) in [4.78, 5) is 86.4. The highest BCUT2D eigenvalue weighted by Gasteiger charge is 2.30. The number of fused-ring (bicyclic) bond motifs is 1. The Morgan fingerprint density at radius 2 is 1.48 bits per heavy atom. The number of thiol groups is 2. The van der Waals surface area contributed by atoms with Gasteiger partial charge in [0, 0.05) is 46.9 Å². The van der Waals surface area contributed by atoms with Gasteiger partial charge in [-0.15, -0.1) is 0 Å². The summed E-state index contributed by atoms with van der Waals surface area (Å²) < 4.78 is 0. The van der Waals surface area contributed by atoms with Crippen molar-refractivity contribution < 1.29 is 33.9 Å². The zero-order valence-electron chi connectivity index (χ0n) is 27.2. The smallest absolute Gasteiger partial charge is 0.326 e. The number of carboxylic acids is 1. The van der Waals surface area contributed by atoms with Crippen LogP contribution < -0.4 is 38.1 Å². The van der Waals surface area contributed by atoms with Crippen LogP contribution in [0, 0.1) is 0 Å². The molecule has 0 fully saturated rings. The lowest BCUT2D eigenvalue weighted by molar-refractivity contribution is -0.142. The van der Waals surface area contributed by atoms with Gasteiger partial charge in [-0.05, 0) is 43.9 Å². The van der Waals surface area contributed by atoms with Gasteiger partial charge in [-0.3, -0.25) is 24.0 Å². The van der Waals surface area contributed by atoms with Crippen LogP contribution in [0.5, 0.6) is 0 Å². The number of nitrogens with zero attached hydrogens (tertiary/aromatic N) is 1. The van der Waals surface area contributed by atoms with E-state index < -0.39 is 72.3 Å². The summed E-state index contributed by atoms with van der Waals surface area (Å²) in [7, 11) is 0. The second kappa shape index (κ2) is 20.2. The Bertz CT molecular complexity index is 1600. The molecule has 0 bridgehead atoms. The number of nitrogens with one attached hydrogen (secondary N) is 7. The summed E-state index contributed by atoms with van der Waals surface area (Å²) in [5.74, 6) is -5.08. The quantitative estimate of drug-likeness (QED) is 0.0428. The van der Waals surface area contributed by atoms with Crippen molar-refractivity contribution in [1.29, 1.82) is 0 Å². The third-order valence-corrected chi connectivity index (χ3v) is 8.43. The van der Waals surface area contributed by atoms with E-state index in [0.29, 0.717) is 25.1 Å². The van der Waals surface area contributed by atoms with Crippen LogP contribution in [0.4, 0.5) is 0 Å². The molecule has 2 aromatic heterocycles. The maximum absolute atomic E-state index is 13.3. The molecular weight excluding hydrogens is 689 g/mol. The van der Waals surface area contributed by atoms with E-state index in [-0.39, 0.29) is 30.8 Å². The Morgan fingerprint density at radius 3 is 2.14 bits per heavy atom. The summed E-state index contributed by atoms with van der Waals surface area (Å²) in [5, 5.41) is 22.8. The molecule has 5 atom stereocenters. The molecule has 0 saturated carbocycles. The molecular formula is C31H44N10O7S2. The number of rotatable bonds is 21. The fourth-order valence-electron chi connectivity index (χ4n) is 4.95. The van der Waals surface area contributed by atoms with E-state index in [1.165, 1.54) is 12.5 Å². The van der Waals surface area contributed by atoms with E-state index >= 15 is 0 Å². The molecule has 5 amide bonds. The van der Waals surface area contributed by atoms with Crippen LogP contribution in [0.25, 0.3) is 10.9 Å². The van der Waals surface area contributed by atoms with Crippen molar-refractivity contribution in [1.82, 2.24) is 41.5 Å². The second-order valence-electron chi connectivity index (χ2n) is 11.5. The molecule has 0 saturated heterocycles. The number of hydrogen-bond donors (Lipinski definition) is 12. The Balaban J connectivity index is 1.57.